The summed E-state index contributed by atoms with van der Waals surface area (Å²) in [5.41, 5.74) is 9.04. The number of hydrogen-bond donors (Lipinski definition) is 3. The standard InChI is InChI=1S/C16H16N2O3/c1-9-3-4-12(16(20)21)8-14(9)18-15(19)11-5-6-13(17)10(2)7-11/h3-8H,17H2,1-2H3,(H,18,19)(H,20,21). The van der Waals surface area contributed by atoms with E-state index in [9.17, 15) is 9.59 Å². The van der Waals surface area contributed by atoms with Crippen molar-refractivity contribution in [3.8, 4) is 0 Å². The minimum absolute atomic E-state index is 0.129. The molecule has 1 amide bonds. The van der Waals surface area contributed by atoms with Crippen molar-refractivity contribution in [3.63, 3.8) is 0 Å². The van der Waals surface area contributed by atoms with Crippen LogP contribution in [0.25, 0.3) is 0 Å². The fourth-order valence-electron chi connectivity index (χ4n) is 1.90. The highest BCUT2D eigenvalue weighted by Crippen LogP contribution is 2.19. The Kier molecular flexibility index (Phi) is 3.93. The maximum absolute atomic E-state index is 12.2. The Balaban J connectivity index is 2.28. The molecule has 108 valence electrons. The van der Waals surface area contributed by atoms with Gasteiger partial charge in [-0.25, -0.2) is 4.79 Å². The summed E-state index contributed by atoms with van der Waals surface area (Å²) in [6.45, 7) is 3.62. The Labute approximate surface area is 122 Å². The van der Waals surface area contributed by atoms with E-state index in [1.54, 1.807) is 31.2 Å². The number of amides is 1. The number of carboxylic acid groups (broad SMARTS) is 1. The zero-order chi connectivity index (χ0) is 15.6. The van der Waals surface area contributed by atoms with Crippen molar-refractivity contribution in [2.24, 2.45) is 0 Å². The van der Waals surface area contributed by atoms with Crippen molar-refractivity contribution in [1.29, 1.82) is 0 Å². The molecule has 2 rings (SSSR count). The Hall–Kier alpha value is -2.82. The quantitative estimate of drug-likeness (QED) is 0.756. The van der Waals surface area contributed by atoms with E-state index in [-0.39, 0.29) is 11.5 Å². The number of aromatic carboxylic acids is 1. The van der Waals surface area contributed by atoms with Gasteiger partial charge in [-0.15, -0.1) is 0 Å². The summed E-state index contributed by atoms with van der Waals surface area (Å²) in [4.78, 5) is 23.2. The molecule has 0 fully saturated rings. The summed E-state index contributed by atoms with van der Waals surface area (Å²) >= 11 is 0. The number of hydrogen-bond acceptors (Lipinski definition) is 3. The van der Waals surface area contributed by atoms with Gasteiger partial charge >= 0.3 is 5.97 Å². The van der Waals surface area contributed by atoms with Gasteiger partial charge in [0.2, 0.25) is 0 Å². The van der Waals surface area contributed by atoms with Gasteiger partial charge < -0.3 is 16.2 Å². The fraction of sp³-hybridized carbons (Fsp3) is 0.125. The highest BCUT2D eigenvalue weighted by Gasteiger charge is 2.11. The SMILES string of the molecule is Cc1cc(C(=O)Nc2cc(C(=O)O)ccc2C)ccc1N. The van der Waals surface area contributed by atoms with Gasteiger partial charge in [0.25, 0.3) is 5.91 Å². The van der Waals surface area contributed by atoms with Crippen LogP contribution in [0, 0.1) is 13.8 Å². The van der Waals surface area contributed by atoms with Crippen LogP contribution in [0.4, 0.5) is 11.4 Å². The number of nitrogens with one attached hydrogen (secondary N) is 1. The number of anilines is 2. The maximum atomic E-state index is 12.2. The van der Waals surface area contributed by atoms with Gasteiger partial charge in [-0.3, -0.25) is 4.79 Å². The van der Waals surface area contributed by atoms with E-state index < -0.39 is 5.97 Å². The number of aryl methyl sites for hydroxylation is 2. The average molecular weight is 284 g/mol. The fourth-order valence-corrected chi connectivity index (χ4v) is 1.90. The van der Waals surface area contributed by atoms with Gasteiger partial charge in [-0.05, 0) is 55.3 Å². The van der Waals surface area contributed by atoms with Crippen LogP contribution in [0.2, 0.25) is 0 Å². The molecule has 5 heteroatoms. The van der Waals surface area contributed by atoms with E-state index in [2.05, 4.69) is 5.32 Å². The van der Waals surface area contributed by atoms with Crippen LogP contribution in [-0.4, -0.2) is 17.0 Å². The molecule has 2 aromatic carbocycles. The van der Waals surface area contributed by atoms with Crippen molar-refractivity contribution in [3.05, 3.63) is 58.7 Å². The molecule has 0 aliphatic carbocycles. The molecule has 0 aromatic heterocycles. The number of rotatable bonds is 3. The van der Waals surface area contributed by atoms with Crippen molar-refractivity contribution in [2.45, 2.75) is 13.8 Å². The highest BCUT2D eigenvalue weighted by atomic mass is 16.4. The molecule has 4 N–H and O–H groups in total. The molecule has 0 radical (unpaired) electrons. The van der Waals surface area contributed by atoms with Gasteiger partial charge in [0.1, 0.15) is 0 Å². The second-order valence-corrected chi connectivity index (χ2v) is 4.86. The lowest BCUT2D eigenvalue weighted by Crippen LogP contribution is -2.14. The summed E-state index contributed by atoms with van der Waals surface area (Å²) in [7, 11) is 0. The van der Waals surface area contributed by atoms with Gasteiger partial charge in [-0.2, -0.15) is 0 Å². The molecule has 0 unspecified atom stereocenters. The molecule has 0 saturated heterocycles. The number of nitrogens with two attached hydrogens (primary N) is 1. The Morgan fingerprint density at radius 2 is 1.67 bits per heavy atom. The Morgan fingerprint density at radius 1 is 1.00 bits per heavy atom. The number of carbonyl (C=O) groups is 2. The third kappa shape index (κ3) is 3.20. The molecular weight excluding hydrogens is 268 g/mol. The van der Waals surface area contributed by atoms with Crippen LogP contribution in [0.3, 0.4) is 0 Å². The van der Waals surface area contributed by atoms with Crippen molar-refractivity contribution in [1.82, 2.24) is 0 Å². The molecule has 0 aliphatic rings. The van der Waals surface area contributed by atoms with Crippen LogP contribution in [0.5, 0.6) is 0 Å². The Bertz CT molecular complexity index is 723. The number of benzene rings is 2. The monoisotopic (exact) mass is 284 g/mol. The first-order chi connectivity index (χ1) is 9.88. The molecule has 0 saturated carbocycles. The second kappa shape index (κ2) is 5.66. The van der Waals surface area contributed by atoms with Crippen LogP contribution < -0.4 is 11.1 Å². The maximum Gasteiger partial charge on any atom is 0.335 e. The van der Waals surface area contributed by atoms with E-state index in [0.717, 1.165) is 11.1 Å². The van der Waals surface area contributed by atoms with E-state index in [1.807, 2.05) is 6.92 Å². The van der Waals surface area contributed by atoms with Gasteiger partial charge in [0.05, 0.1) is 5.56 Å². The summed E-state index contributed by atoms with van der Waals surface area (Å²) in [5, 5.41) is 11.7. The average Bonchev–Trinajstić information content (AvgIpc) is 2.43. The van der Waals surface area contributed by atoms with Crippen LogP contribution in [-0.2, 0) is 0 Å². The minimum atomic E-state index is -1.03. The first-order valence-corrected chi connectivity index (χ1v) is 6.40. The predicted octanol–water partition coefficient (Wildman–Crippen LogP) is 2.84. The van der Waals surface area contributed by atoms with Gasteiger partial charge in [-0.1, -0.05) is 6.07 Å². The third-order valence-electron chi connectivity index (χ3n) is 3.26. The van der Waals surface area contributed by atoms with E-state index in [0.29, 0.717) is 16.9 Å². The number of carbonyl (C=O) groups excluding carboxylic acids is 1. The Morgan fingerprint density at radius 3 is 2.29 bits per heavy atom. The molecular formula is C16H16N2O3. The first-order valence-electron chi connectivity index (χ1n) is 6.40. The second-order valence-electron chi connectivity index (χ2n) is 4.86. The number of carboxylic acids is 1. The van der Waals surface area contributed by atoms with Crippen molar-refractivity contribution >= 4 is 23.3 Å². The zero-order valence-corrected chi connectivity index (χ0v) is 11.8. The lowest BCUT2D eigenvalue weighted by Gasteiger charge is -2.10. The summed E-state index contributed by atoms with van der Waals surface area (Å²) < 4.78 is 0. The molecule has 0 aliphatic heterocycles. The largest absolute Gasteiger partial charge is 0.478 e. The molecule has 0 bridgehead atoms. The van der Waals surface area contributed by atoms with E-state index in [4.69, 9.17) is 10.8 Å². The smallest absolute Gasteiger partial charge is 0.335 e. The first kappa shape index (κ1) is 14.6. The predicted molar refractivity (Wildman–Crippen MR) is 81.7 cm³/mol. The van der Waals surface area contributed by atoms with E-state index >= 15 is 0 Å². The molecule has 0 heterocycles. The van der Waals surface area contributed by atoms with Crippen LogP contribution in [0.15, 0.2) is 36.4 Å². The summed E-state index contributed by atoms with van der Waals surface area (Å²) in [6, 6.07) is 9.60. The topological polar surface area (TPSA) is 92.4 Å². The van der Waals surface area contributed by atoms with Gasteiger partial charge in [0.15, 0.2) is 0 Å². The van der Waals surface area contributed by atoms with Gasteiger partial charge in [0, 0.05) is 16.9 Å². The van der Waals surface area contributed by atoms with E-state index in [1.165, 1.54) is 12.1 Å². The molecule has 21 heavy (non-hydrogen) atoms. The molecule has 0 spiro atoms. The van der Waals surface area contributed by atoms with Crippen molar-refractivity contribution < 1.29 is 14.7 Å². The van der Waals surface area contributed by atoms with Crippen LogP contribution >= 0.6 is 0 Å². The third-order valence-corrected chi connectivity index (χ3v) is 3.26. The highest BCUT2D eigenvalue weighted by molar-refractivity contribution is 6.05. The lowest BCUT2D eigenvalue weighted by molar-refractivity contribution is 0.0696. The van der Waals surface area contributed by atoms with Crippen molar-refractivity contribution in [2.75, 3.05) is 11.1 Å². The molecule has 0 atom stereocenters. The zero-order valence-electron chi connectivity index (χ0n) is 11.8. The normalized spacial score (nSPS) is 10.2. The minimum Gasteiger partial charge on any atom is -0.478 e. The summed E-state index contributed by atoms with van der Waals surface area (Å²) in [5.74, 6) is -1.34. The summed E-state index contributed by atoms with van der Waals surface area (Å²) in [6.07, 6.45) is 0. The number of nitrogen functional groups attached to an aromatic ring is 1. The molecule has 2 aromatic rings. The molecule has 5 nitrogen and oxygen atoms in total. The lowest BCUT2D eigenvalue weighted by atomic mass is 10.1. The van der Waals surface area contributed by atoms with Crippen LogP contribution in [0.1, 0.15) is 31.8 Å².